The van der Waals surface area contributed by atoms with Crippen LogP contribution in [0.4, 0.5) is 13.2 Å². The van der Waals surface area contributed by atoms with Crippen molar-refractivity contribution in [1.29, 1.82) is 0 Å². The Kier molecular flexibility index (Phi) is 3.98. The van der Waals surface area contributed by atoms with E-state index in [9.17, 15) is 13.2 Å². The minimum atomic E-state index is -4.17. The number of nitrogens with zero attached hydrogens (tertiary/aromatic N) is 2. The number of hydrogen-bond acceptors (Lipinski definition) is 4. The molecular weight excluding hydrogens is 209 g/mol. The fourth-order valence-electron chi connectivity index (χ4n) is 1.16. The van der Waals surface area contributed by atoms with E-state index in [1.165, 1.54) is 12.4 Å². The van der Waals surface area contributed by atoms with Gasteiger partial charge in [-0.1, -0.05) is 0 Å². The zero-order valence-corrected chi connectivity index (χ0v) is 7.83. The van der Waals surface area contributed by atoms with Gasteiger partial charge < -0.3 is 0 Å². The first kappa shape index (κ1) is 11.9. The van der Waals surface area contributed by atoms with Gasteiger partial charge in [0.2, 0.25) is 0 Å². The lowest BCUT2D eigenvalue weighted by Crippen LogP contribution is -2.29. The molecule has 0 saturated heterocycles. The molecule has 1 rings (SSSR count). The van der Waals surface area contributed by atoms with Crippen LogP contribution in [0.25, 0.3) is 0 Å². The second kappa shape index (κ2) is 5.04. The molecule has 0 aliphatic heterocycles. The highest BCUT2D eigenvalue weighted by atomic mass is 19.4. The molecule has 0 spiro atoms. The molecule has 7 heteroatoms. The van der Waals surface area contributed by atoms with Crippen LogP contribution in [-0.4, -0.2) is 16.4 Å². The van der Waals surface area contributed by atoms with Crippen molar-refractivity contribution in [2.75, 3.05) is 0 Å². The zero-order chi connectivity index (χ0) is 11.3. The van der Waals surface area contributed by atoms with Crippen LogP contribution in [0.1, 0.15) is 24.4 Å². The van der Waals surface area contributed by atoms with Crippen molar-refractivity contribution < 1.29 is 13.2 Å². The molecule has 0 aliphatic rings. The minimum Gasteiger partial charge on any atom is -0.271 e. The van der Waals surface area contributed by atoms with Gasteiger partial charge in [-0.3, -0.25) is 11.3 Å². The van der Waals surface area contributed by atoms with Crippen molar-refractivity contribution in [3.8, 4) is 0 Å². The number of aromatic nitrogens is 2. The molecule has 0 radical (unpaired) electrons. The average molecular weight is 220 g/mol. The van der Waals surface area contributed by atoms with E-state index in [0.717, 1.165) is 0 Å². The largest absolute Gasteiger partial charge is 0.389 e. The smallest absolute Gasteiger partial charge is 0.271 e. The van der Waals surface area contributed by atoms with Crippen LogP contribution in [0.3, 0.4) is 0 Å². The van der Waals surface area contributed by atoms with Crippen LogP contribution < -0.4 is 11.3 Å². The lowest BCUT2D eigenvalue weighted by Gasteiger charge is -2.16. The van der Waals surface area contributed by atoms with Crippen molar-refractivity contribution in [3.05, 3.63) is 24.0 Å². The third-order valence-electron chi connectivity index (χ3n) is 1.93. The second-order valence-electron chi connectivity index (χ2n) is 3.05. The van der Waals surface area contributed by atoms with Gasteiger partial charge in [0.05, 0.1) is 6.20 Å². The molecule has 3 N–H and O–H groups in total. The molecule has 0 aliphatic carbocycles. The van der Waals surface area contributed by atoms with Crippen molar-refractivity contribution in [2.24, 2.45) is 5.84 Å². The van der Waals surface area contributed by atoms with Crippen LogP contribution in [0, 0.1) is 0 Å². The van der Waals surface area contributed by atoms with E-state index in [1.807, 2.05) is 0 Å². The molecule has 0 saturated carbocycles. The predicted molar refractivity (Wildman–Crippen MR) is 47.4 cm³/mol. The number of nitrogens with two attached hydrogens (primary N) is 1. The number of alkyl halides is 3. The van der Waals surface area contributed by atoms with Gasteiger partial charge in [-0.25, -0.2) is 0 Å². The zero-order valence-electron chi connectivity index (χ0n) is 7.83. The first-order valence-corrected chi connectivity index (χ1v) is 4.32. The molecule has 1 aromatic rings. The first-order valence-electron chi connectivity index (χ1n) is 4.32. The van der Waals surface area contributed by atoms with E-state index < -0.39 is 18.6 Å². The van der Waals surface area contributed by atoms with Gasteiger partial charge >= 0.3 is 6.18 Å². The summed E-state index contributed by atoms with van der Waals surface area (Å²) >= 11 is 0. The standard InChI is InChI=1S/C8H11F3N4/c9-8(10,11)3-1-7(15-12)6-2-4-13-14-5-6/h2,4-5,7,15H,1,3,12H2. The van der Waals surface area contributed by atoms with Crippen molar-refractivity contribution in [1.82, 2.24) is 15.6 Å². The van der Waals surface area contributed by atoms with Gasteiger partial charge in [0, 0.05) is 18.7 Å². The van der Waals surface area contributed by atoms with Crippen LogP contribution in [0.2, 0.25) is 0 Å². The lowest BCUT2D eigenvalue weighted by molar-refractivity contribution is -0.136. The molecule has 1 aromatic heterocycles. The summed E-state index contributed by atoms with van der Waals surface area (Å²) in [6.45, 7) is 0. The SMILES string of the molecule is NNC(CCC(F)(F)F)c1ccnnc1. The van der Waals surface area contributed by atoms with Crippen LogP contribution in [0.5, 0.6) is 0 Å². The summed E-state index contributed by atoms with van der Waals surface area (Å²) in [4.78, 5) is 0. The molecule has 0 amide bonds. The highest BCUT2D eigenvalue weighted by Gasteiger charge is 2.28. The summed E-state index contributed by atoms with van der Waals surface area (Å²) in [6, 6.07) is 1.02. The van der Waals surface area contributed by atoms with Crippen molar-refractivity contribution >= 4 is 0 Å². The van der Waals surface area contributed by atoms with E-state index in [2.05, 4.69) is 15.6 Å². The normalized spacial score (nSPS) is 13.9. The highest BCUT2D eigenvalue weighted by molar-refractivity contribution is 5.10. The molecule has 1 unspecified atom stereocenters. The van der Waals surface area contributed by atoms with Gasteiger partial charge in [-0.05, 0) is 18.1 Å². The van der Waals surface area contributed by atoms with Crippen molar-refractivity contribution in [2.45, 2.75) is 25.1 Å². The van der Waals surface area contributed by atoms with Crippen LogP contribution in [0.15, 0.2) is 18.5 Å². The number of hydrazine groups is 1. The monoisotopic (exact) mass is 220 g/mol. The Morgan fingerprint density at radius 2 is 2.13 bits per heavy atom. The van der Waals surface area contributed by atoms with E-state index >= 15 is 0 Å². The summed E-state index contributed by atoms with van der Waals surface area (Å²) in [6.07, 6.45) is -2.38. The Balaban J connectivity index is 2.58. The average Bonchev–Trinajstić information content (AvgIpc) is 2.19. The number of hydrogen-bond donors (Lipinski definition) is 2. The summed E-state index contributed by atoms with van der Waals surface area (Å²) in [7, 11) is 0. The third-order valence-corrected chi connectivity index (χ3v) is 1.93. The number of halogens is 3. The Morgan fingerprint density at radius 3 is 2.60 bits per heavy atom. The van der Waals surface area contributed by atoms with Gasteiger partial charge in [0.1, 0.15) is 0 Å². The third kappa shape index (κ3) is 4.22. The molecule has 0 fully saturated rings. The van der Waals surface area contributed by atoms with Gasteiger partial charge in [0.25, 0.3) is 0 Å². The van der Waals surface area contributed by atoms with Gasteiger partial charge in [-0.15, -0.1) is 0 Å². The van der Waals surface area contributed by atoms with E-state index in [-0.39, 0.29) is 6.42 Å². The Bertz CT molecular complexity index is 288. The second-order valence-corrected chi connectivity index (χ2v) is 3.05. The lowest BCUT2D eigenvalue weighted by atomic mass is 10.1. The summed E-state index contributed by atoms with van der Waals surface area (Å²) in [5.74, 6) is 5.17. The van der Waals surface area contributed by atoms with E-state index in [0.29, 0.717) is 5.56 Å². The Hall–Kier alpha value is -1.21. The molecule has 15 heavy (non-hydrogen) atoms. The van der Waals surface area contributed by atoms with Gasteiger partial charge in [-0.2, -0.15) is 23.4 Å². The quantitative estimate of drug-likeness (QED) is 0.593. The minimum absolute atomic E-state index is 0.119. The van der Waals surface area contributed by atoms with Crippen molar-refractivity contribution in [3.63, 3.8) is 0 Å². The predicted octanol–water partition coefficient (Wildman–Crippen LogP) is 1.32. The molecule has 1 heterocycles. The van der Waals surface area contributed by atoms with E-state index in [4.69, 9.17) is 5.84 Å². The molecule has 0 aromatic carbocycles. The fourth-order valence-corrected chi connectivity index (χ4v) is 1.16. The molecular formula is C8H11F3N4. The summed E-state index contributed by atoms with van der Waals surface area (Å²) in [5, 5.41) is 7.10. The molecule has 1 atom stereocenters. The molecule has 84 valence electrons. The maximum absolute atomic E-state index is 12.0. The number of rotatable bonds is 4. The van der Waals surface area contributed by atoms with Crippen LogP contribution >= 0.6 is 0 Å². The highest BCUT2D eigenvalue weighted by Crippen LogP contribution is 2.26. The maximum atomic E-state index is 12.0. The Morgan fingerprint density at radius 1 is 1.40 bits per heavy atom. The van der Waals surface area contributed by atoms with E-state index in [1.54, 1.807) is 6.07 Å². The summed E-state index contributed by atoms with van der Waals surface area (Å²) in [5.41, 5.74) is 2.92. The summed E-state index contributed by atoms with van der Waals surface area (Å²) < 4.78 is 35.9. The molecule has 4 nitrogen and oxygen atoms in total. The first-order chi connectivity index (χ1) is 7.03. The fraction of sp³-hybridized carbons (Fsp3) is 0.500. The van der Waals surface area contributed by atoms with Gasteiger partial charge in [0.15, 0.2) is 0 Å². The maximum Gasteiger partial charge on any atom is 0.389 e. The van der Waals surface area contributed by atoms with Crippen LogP contribution in [-0.2, 0) is 0 Å². The topological polar surface area (TPSA) is 63.8 Å². The Labute approximate surface area is 84.7 Å². The molecule has 0 bridgehead atoms. The number of nitrogens with one attached hydrogen (secondary N) is 1.